The maximum atomic E-state index is 12.8. The Bertz CT molecular complexity index is 991. The summed E-state index contributed by atoms with van der Waals surface area (Å²) < 4.78 is 0.744. The van der Waals surface area contributed by atoms with Crippen LogP contribution in [-0.4, -0.2) is 29.0 Å². The maximum Gasteiger partial charge on any atom is 0.271 e. The van der Waals surface area contributed by atoms with E-state index in [1.807, 2.05) is 19.1 Å². The van der Waals surface area contributed by atoms with Gasteiger partial charge >= 0.3 is 0 Å². The molecular formula is C19H15BrN4O3S. The minimum Gasteiger partial charge on any atom is -0.301 e. The van der Waals surface area contributed by atoms with Crippen molar-refractivity contribution in [2.75, 3.05) is 4.90 Å². The largest absolute Gasteiger partial charge is 0.301 e. The molecule has 1 heterocycles. The first-order chi connectivity index (χ1) is 13.4. The number of anilines is 1. The van der Waals surface area contributed by atoms with Crippen LogP contribution in [0.5, 0.6) is 0 Å². The Labute approximate surface area is 174 Å². The number of rotatable bonds is 4. The number of benzene rings is 2. The summed E-state index contributed by atoms with van der Waals surface area (Å²) in [4.78, 5) is 38.3. The second-order valence-corrected chi connectivity index (χ2v) is 7.31. The predicted molar refractivity (Wildman–Crippen MR) is 113 cm³/mol. The van der Waals surface area contributed by atoms with E-state index in [4.69, 9.17) is 12.2 Å². The fourth-order valence-electron chi connectivity index (χ4n) is 2.52. The Morgan fingerprint density at radius 3 is 2.64 bits per heavy atom. The number of nitrogens with one attached hydrogen (secondary N) is 2. The van der Waals surface area contributed by atoms with E-state index < -0.39 is 23.6 Å². The molecule has 0 bridgehead atoms. The van der Waals surface area contributed by atoms with E-state index in [9.17, 15) is 14.4 Å². The molecule has 1 aliphatic rings. The molecule has 3 rings (SSSR count). The Morgan fingerprint density at radius 2 is 1.96 bits per heavy atom. The third-order valence-electron chi connectivity index (χ3n) is 3.97. The summed E-state index contributed by atoms with van der Waals surface area (Å²) in [5, 5.41) is 6.27. The highest BCUT2D eigenvalue weighted by Crippen LogP contribution is 2.20. The van der Waals surface area contributed by atoms with Crippen molar-refractivity contribution in [3.63, 3.8) is 0 Å². The SMILES string of the molecule is Cc1ccc(N2C(=O)[C@@H](/C=N/NC(=O)c3cccc(Br)c3)C(=O)NC2=S)cc1. The van der Waals surface area contributed by atoms with Gasteiger partial charge in [-0.3, -0.25) is 19.3 Å². The number of hydrogen-bond acceptors (Lipinski definition) is 5. The number of hydrazone groups is 1. The molecule has 2 aromatic rings. The van der Waals surface area contributed by atoms with Gasteiger partial charge in [0.2, 0.25) is 5.91 Å². The summed E-state index contributed by atoms with van der Waals surface area (Å²) in [6.07, 6.45) is 1.09. The summed E-state index contributed by atoms with van der Waals surface area (Å²) >= 11 is 8.42. The molecular weight excluding hydrogens is 444 g/mol. The van der Waals surface area contributed by atoms with Gasteiger partial charge < -0.3 is 5.32 Å². The molecule has 1 atom stereocenters. The number of carbonyl (C=O) groups excluding carboxylic acids is 3. The van der Waals surface area contributed by atoms with Crippen molar-refractivity contribution in [3.05, 3.63) is 64.1 Å². The van der Waals surface area contributed by atoms with Gasteiger partial charge in [0.25, 0.3) is 11.8 Å². The first-order valence-electron chi connectivity index (χ1n) is 8.21. The molecule has 0 aromatic heterocycles. The van der Waals surface area contributed by atoms with E-state index in [1.165, 1.54) is 4.90 Å². The standard InChI is InChI=1S/C19H15BrN4O3S/c1-11-5-7-14(8-6-11)24-18(27)15(17(26)22-19(24)28)10-21-23-16(25)12-3-2-4-13(20)9-12/h2-10,15H,1H3,(H,23,25)(H,22,26,28)/b21-10+/t15-/m0/s1. The summed E-state index contributed by atoms with van der Waals surface area (Å²) in [5.74, 6) is -2.82. The van der Waals surface area contributed by atoms with E-state index in [0.717, 1.165) is 16.3 Å². The van der Waals surface area contributed by atoms with Crippen molar-refractivity contribution in [3.8, 4) is 0 Å². The zero-order valence-corrected chi connectivity index (χ0v) is 17.1. The number of hydrogen-bond donors (Lipinski definition) is 2. The van der Waals surface area contributed by atoms with Crippen molar-refractivity contribution in [2.45, 2.75) is 6.92 Å². The molecule has 0 spiro atoms. The first-order valence-corrected chi connectivity index (χ1v) is 9.41. The molecule has 28 heavy (non-hydrogen) atoms. The van der Waals surface area contributed by atoms with Crippen LogP contribution in [0.2, 0.25) is 0 Å². The van der Waals surface area contributed by atoms with Crippen molar-refractivity contribution in [1.82, 2.24) is 10.7 Å². The fourth-order valence-corrected chi connectivity index (χ4v) is 3.22. The highest BCUT2D eigenvalue weighted by molar-refractivity contribution is 9.10. The summed E-state index contributed by atoms with van der Waals surface area (Å²) in [6, 6.07) is 13.9. The van der Waals surface area contributed by atoms with Gasteiger partial charge in [-0.05, 0) is 49.5 Å². The zero-order valence-electron chi connectivity index (χ0n) is 14.7. The molecule has 0 unspecified atom stereocenters. The number of thiocarbonyl (C=S) groups is 1. The lowest BCUT2D eigenvalue weighted by atomic mass is 10.1. The van der Waals surface area contributed by atoms with Gasteiger partial charge in [0.15, 0.2) is 11.0 Å². The molecule has 9 heteroatoms. The zero-order chi connectivity index (χ0) is 20.3. The third-order valence-corrected chi connectivity index (χ3v) is 4.75. The lowest BCUT2D eigenvalue weighted by Crippen LogP contribution is -2.58. The summed E-state index contributed by atoms with van der Waals surface area (Å²) in [7, 11) is 0. The topological polar surface area (TPSA) is 90.9 Å². The minimum atomic E-state index is -1.21. The lowest BCUT2D eigenvalue weighted by Gasteiger charge is -2.30. The number of halogens is 1. The Morgan fingerprint density at radius 1 is 1.25 bits per heavy atom. The van der Waals surface area contributed by atoms with E-state index in [-0.39, 0.29) is 5.11 Å². The van der Waals surface area contributed by atoms with E-state index in [0.29, 0.717) is 11.3 Å². The number of carbonyl (C=O) groups is 3. The average molecular weight is 459 g/mol. The molecule has 0 radical (unpaired) electrons. The van der Waals surface area contributed by atoms with Gasteiger partial charge in [-0.2, -0.15) is 5.10 Å². The smallest absolute Gasteiger partial charge is 0.271 e. The second-order valence-electron chi connectivity index (χ2n) is 6.01. The molecule has 0 saturated carbocycles. The van der Waals surface area contributed by atoms with Crippen molar-refractivity contribution in [1.29, 1.82) is 0 Å². The van der Waals surface area contributed by atoms with Gasteiger partial charge in [-0.1, -0.05) is 39.7 Å². The second kappa shape index (κ2) is 8.41. The number of aryl methyl sites for hydroxylation is 1. The van der Waals surface area contributed by atoms with Crippen LogP contribution >= 0.6 is 28.1 Å². The maximum absolute atomic E-state index is 12.8. The highest BCUT2D eigenvalue weighted by Gasteiger charge is 2.38. The fraction of sp³-hybridized carbons (Fsp3) is 0.105. The number of nitrogens with zero attached hydrogens (tertiary/aromatic N) is 2. The Kier molecular flexibility index (Phi) is 5.96. The van der Waals surface area contributed by atoms with Crippen LogP contribution in [0.4, 0.5) is 5.69 Å². The van der Waals surface area contributed by atoms with Crippen LogP contribution in [-0.2, 0) is 9.59 Å². The molecule has 1 saturated heterocycles. The quantitative estimate of drug-likeness (QED) is 0.318. The van der Waals surface area contributed by atoms with Crippen molar-refractivity contribution >= 4 is 62.9 Å². The molecule has 3 amide bonds. The van der Waals surface area contributed by atoms with Crippen LogP contribution in [0.15, 0.2) is 58.1 Å². The van der Waals surface area contributed by atoms with Crippen molar-refractivity contribution < 1.29 is 14.4 Å². The first kappa shape index (κ1) is 19.8. The predicted octanol–water partition coefficient (Wildman–Crippen LogP) is 2.54. The molecule has 2 aromatic carbocycles. The lowest BCUT2D eigenvalue weighted by molar-refractivity contribution is -0.130. The van der Waals surface area contributed by atoms with Gasteiger partial charge in [0.05, 0.1) is 5.69 Å². The van der Waals surface area contributed by atoms with Crippen LogP contribution in [0.1, 0.15) is 15.9 Å². The van der Waals surface area contributed by atoms with Crippen LogP contribution in [0, 0.1) is 12.8 Å². The monoisotopic (exact) mass is 458 g/mol. The van der Waals surface area contributed by atoms with E-state index >= 15 is 0 Å². The molecule has 1 fully saturated rings. The third kappa shape index (κ3) is 4.32. The molecule has 142 valence electrons. The van der Waals surface area contributed by atoms with Gasteiger partial charge in [-0.15, -0.1) is 0 Å². The van der Waals surface area contributed by atoms with Crippen molar-refractivity contribution in [2.24, 2.45) is 11.0 Å². The van der Waals surface area contributed by atoms with E-state index in [1.54, 1.807) is 36.4 Å². The van der Waals surface area contributed by atoms with Crippen LogP contribution < -0.4 is 15.6 Å². The van der Waals surface area contributed by atoms with Gasteiger partial charge in [0, 0.05) is 16.3 Å². The van der Waals surface area contributed by atoms with Crippen LogP contribution in [0.3, 0.4) is 0 Å². The number of amides is 3. The summed E-state index contributed by atoms with van der Waals surface area (Å²) in [5.41, 5.74) is 4.26. The normalized spacial score (nSPS) is 17.0. The van der Waals surface area contributed by atoms with Crippen LogP contribution in [0.25, 0.3) is 0 Å². The highest BCUT2D eigenvalue weighted by atomic mass is 79.9. The average Bonchev–Trinajstić information content (AvgIpc) is 2.65. The van der Waals surface area contributed by atoms with E-state index in [2.05, 4.69) is 31.8 Å². The van der Waals surface area contributed by atoms with Gasteiger partial charge in [-0.25, -0.2) is 5.43 Å². The summed E-state index contributed by atoms with van der Waals surface area (Å²) in [6.45, 7) is 1.92. The van der Waals surface area contributed by atoms with Gasteiger partial charge in [0.1, 0.15) is 0 Å². The molecule has 1 aliphatic heterocycles. The Balaban J connectivity index is 1.75. The minimum absolute atomic E-state index is 0.00155. The molecule has 2 N–H and O–H groups in total. The Hall–Kier alpha value is -2.91. The molecule has 7 nitrogen and oxygen atoms in total. The molecule has 0 aliphatic carbocycles.